The minimum atomic E-state index is -3.85. The second-order valence-corrected chi connectivity index (χ2v) is 14.3. The highest BCUT2D eigenvalue weighted by molar-refractivity contribution is 7.94. The Morgan fingerprint density at radius 1 is 1.20 bits per heavy atom. The molecule has 244 valence electrons. The Kier molecular flexibility index (Phi) is 12.0. The highest BCUT2D eigenvalue weighted by Gasteiger charge is 2.31. The number of hydrogen-bond acceptors (Lipinski definition) is 9. The predicted octanol–water partition coefficient (Wildman–Crippen LogP) is 4.51. The zero-order valence-corrected chi connectivity index (χ0v) is 27.7. The van der Waals surface area contributed by atoms with Crippen LogP contribution in [-0.4, -0.2) is 91.7 Å². The molecule has 2 amide bonds. The van der Waals surface area contributed by atoms with Crippen molar-refractivity contribution < 1.29 is 32.6 Å². The smallest absolute Gasteiger partial charge is 0.271 e. The normalized spacial score (nSPS) is 20.8. The fourth-order valence-electron chi connectivity index (χ4n) is 5.14. The van der Waals surface area contributed by atoms with Crippen LogP contribution in [0.1, 0.15) is 60.7 Å². The summed E-state index contributed by atoms with van der Waals surface area (Å²) in [6.07, 6.45) is 4.83. The van der Waals surface area contributed by atoms with Gasteiger partial charge in [0, 0.05) is 56.3 Å². The molecule has 0 radical (unpaired) electrons. The van der Waals surface area contributed by atoms with E-state index in [0.717, 1.165) is 24.2 Å². The van der Waals surface area contributed by atoms with Crippen molar-refractivity contribution in [2.75, 3.05) is 38.1 Å². The number of carbonyl (C=O) groups excluding carboxylic acids is 2. The molecule has 2 N–H and O–H groups in total. The van der Waals surface area contributed by atoms with Crippen molar-refractivity contribution in [2.45, 2.75) is 62.5 Å². The Labute approximate surface area is 269 Å². The number of sulfonamides is 1. The van der Waals surface area contributed by atoms with E-state index < -0.39 is 28.1 Å². The van der Waals surface area contributed by atoms with Gasteiger partial charge in [-0.3, -0.25) is 19.3 Å². The Morgan fingerprint density at radius 3 is 2.64 bits per heavy atom. The largest absolute Gasteiger partial charge is 0.490 e. The quantitative estimate of drug-likeness (QED) is 0.361. The van der Waals surface area contributed by atoms with E-state index in [4.69, 9.17) is 9.47 Å². The maximum atomic E-state index is 14.3. The molecule has 0 saturated carbocycles. The first-order valence-corrected chi connectivity index (χ1v) is 17.4. The van der Waals surface area contributed by atoms with Gasteiger partial charge in [-0.1, -0.05) is 13.0 Å². The summed E-state index contributed by atoms with van der Waals surface area (Å²) >= 11 is 1.09. The van der Waals surface area contributed by atoms with Gasteiger partial charge < -0.3 is 24.4 Å². The third-order valence-corrected chi connectivity index (χ3v) is 10.6. The number of aliphatic hydroxyl groups is 1. The molecule has 0 unspecified atom stereocenters. The van der Waals surface area contributed by atoms with Gasteiger partial charge in [0.05, 0.1) is 30.4 Å². The third kappa shape index (κ3) is 9.03. The number of pyridine rings is 1. The number of fused-ring (bicyclic) bond motifs is 1. The van der Waals surface area contributed by atoms with Crippen molar-refractivity contribution in [1.82, 2.24) is 14.8 Å². The molecule has 11 nitrogen and oxygen atoms in total. The van der Waals surface area contributed by atoms with E-state index in [1.54, 1.807) is 71.9 Å². The number of nitrogens with one attached hydrogen (secondary N) is 1. The lowest BCUT2D eigenvalue weighted by atomic mass is 10.0. The molecule has 13 heteroatoms. The highest BCUT2D eigenvalue weighted by Crippen LogP contribution is 2.30. The number of benzene rings is 1. The fraction of sp³-hybridized carbons (Fsp3) is 0.469. The number of rotatable bonds is 8. The molecule has 1 aromatic carbocycles. The first-order chi connectivity index (χ1) is 21.5. The van der Waals surface area contributed by atoms with E-state index in [9.17, 15) is 23.1 Å². The van der Waals surface area contributed by atoms with Gasteiger partial charge >= 0.3 is 0 Å². The highest BCUT2D eigenvalue weighted by atomic mass is 32.2. The van der Waals surface area contributed by atoms with E-state index >= 15 is 0 Å². The van der Waals surface area contributed by atoms with Crippen molar-refractivity contribution in [3.63, 3.8) is 0 Å². The number of aliphatic hydroxyl groups excluding tert-OH is 1. The maximum absolute atomic E-state index is 14.3. The van der Waals surface area contributed by atoms with Crippen LogP contribution >= 0.6 is 11.3 Å². The molecule has 4 atom stereocenters. The van der Waals surface area contributed by atoms with Crippen LogP contribution < -0.4 is 9.46 Å². The molecule has 0 fully saturated rings. The van der Waals surface area contributed by atoms with Crippen LogP contribution in [0.3, 0.4) is 0 Å². The molecule has 2 aromatic heterocycles. The molecule has 0 saturated heterocycles. The van der Waals surface area contributed by atoms with Gasteiger partial charge in [0.15, 0.2) is 0 Å². The molecular weight excluding hydrogens is 617 g/mol. The minimum Gasteiger partial charge on any atom is -0.490 e. The van der Waals surface area contributed by atoms with Crippen molar-refractivity contribution in [2.24, 2.45) is 5.92 Å². The molecular formula is C32H42N4O7S2. The number of carbonyl (C=O) groups is 2. The van der Waals surface area contributed by atoms with Gasteiger partial charge in [0.25, 0.3) is 21.8 Å². The second-order valence-electron chi connectivity index (χ2n) is 11.5. The molecule has 0 aliphatic carbocycles. The van der Waals surface area contributed by atoms with Gasteiger partial charge in [-0.25, -0.2) is 8.42 Å². The summed E-state index contributed by atoms with van der Waals surface area (Å²) in [5.74, 6) is -0.481. The lowest BCUT2D eigenvalue weighted by molar-refractivity contribution is -0.0149. The lowest BCUT2D eigenvalue weighted by Crippen LogP contribution is -2.48. The summed E-state index contributed by atoms with van der Waals surface area (Å²) in [5, 5.41) is 11.8. The van der Waals surface area contributed by atoms with E-state index in [2.05, 4.69) is 9.71 Å². The number of ether oxygens (including phenoxy) is 2. The van der Waals surface area contributed by atoms with Crippen molar-refractivity contribution in [1.29, 1.82) is 0 Å². The van der Waals surface area contributed by atoms with E-state index in [-0.39, 0.29) is 46.5 Å². The van der Waals surface area contributed by atoms with Gasteiger partial charge in [0.1, 0.15) is 9.96 Å². The number of thiophene rings is 1. The molecule has 3 aromatic rings. The van der Waals surface area contributed by atoms with Gasteiger partial charge in [-0.2, -0.15) is 0 Å². The molecule has 3 heterocycles. The van der Waals surface area contributed by atoms with Crippen molar-refractivity contribution >= 4 is 38.9 Å². The zero-order chi connectivity index (χ0) is 32.6. The summed E-state index contributed by atoms with van der Waals surface area (Å²) in [6.45, 7) is 6.32. The van der Waals surface area contributed by atoms with Gasteiger partial charge in [-0.05, 0) is 74.9 Å². The standard InChI is InChI=1S/C32H42N4O7S2/c1-22-19-36(23(2)21-37)32(39)27-18-26(34-45(40,41)30-9-7-17-44-30)10-11-28(27)43-24(3)8-5-6-16-42-29(22)20-35(4)31(38)25-12-14-33-15-13-25/h7,9-15,17-18,22-24,29,34,37H,5-6,8,16,19-21H2,1-4H3/t22-,23-,24-,29-/m1/s1. The number of hydrogen-bond donors (Lipinski definition) is 2. The average molecular weight is 659 g/mol. The van der Waals surface area contributed by atoms with Gasteiger partial charge in [-0.15, -0.1) is 11.3 Å². The van der Waals surface area contributed by atoms with Gasteiger partial charge in [0.2, 0.25) is 0 Å². The predicted molar refractivity (Wildman–Crippen MR) is 173 cm³/mol. The SMILES string of the molecule is C[C@@H]1CCCCO[C@H](CN(C)C(=O)c2ccncc2)[C@H](C)CN([C@H](C)CO)C(=O)c2cc(NS(=O)(=O)c3cccs3)ccc2O1. The fourth-order valence-corrected chi connectivity index (χ4v) is 7.18. The summed E-state index contributed by atoms with van der Waals surface area (Å²) < 4.78 is 41.2. The van der Waals surface area contributed by atoms with Crippen LogP contribution in [0.2, 0.25) is 0 Å². The number of anilines is 1. The molecule has 1 aliphatic rings. The first kappa shape index (κ1) is 34.4. The Morgan fingerprint density at radius 2 is 1.96 bits per heavy atom. The number of likely N-dealkylation sites (N-methyl/N-ethyl adjacent to an activating group) is 1. The van der Waals surface area contributed by atoms with Crippen LogP contribution in [0.25, 0.3) is 0 Å². The van der Waals surface area contributed by atoms with E-state index in [1.807, 2.05) is 13.8 Å². The second kappa shape index (κ2) is 15.7. The van der Waals surface area contributed by atoms with Crippen LogP contribution in [0.4, 0.5) is 5.69 Å². The summed E-state index contributed by atoms with van der Waals surface area (Å²) in [4.78, 5) is 34.6. The third-order valence-electron chi connectivity index (χ3n) is 7.79. The lowest BCUT2D eigenvalue weighted by Gasteiger charge is -2.36. The van der Waals surface area contributed by atoms with Crippen LogP contribution in [0, 0.1) is 5.92 Å². The topological polar surface area (TPSA) is 138 Å². The van der Waals surface area contributed by atoms with Crippen LogP contribution in [-0.2, 0) is 14.8 Å². The molecule has 45 heavy (non-hydrogen) atoms. The molecule has 4 rings (SSSR count). The molecule has 1 aliphatic heterocycles. The minimum absolute atomic E-state index is 0.154. The van der Waals surface area contributed by atoms with Crippen molar-refractivity contribution in [3.8, 4) is 5.75 Å². The number of nitrogens with zero attached hydrogens (tertiary/aromatic N) is 3. The van der Waals surface area contributed by atoms with Crippen LogP contribution in [0.5, 0.6) is 5.75 Å². The summed E-state index contributed by atoms with van der Waals surface area (Å²) in [7, 11) is -2.13. The molecule has 0 spiro atoms. The van der Waals surface area contributed by atoms with Crippen LogP contribution in [0.15, 0.2) is 64.4 Å². The Hall–Kier alpha value is -3.52. The Balaban J connectivity index is 1.65. The van der Waals surface area contributed by atoms with E-state index in [0.29, 0.717) is 30.9 Å². The summed E-state index contributed by atoms with van der Waals surface area (Å²) in [6, 6.07) is 10.6. The average Bonchev–Trinajstić information content (AvgIpc) is 3.59. The first-order valence-electron chi connectivity index (χ1n) is 15.1. The van der Waals surface area contributed by atoms with Crippen molar-refractivity contribution in [3.05, 3.63) is 71.4 Å². The summed E-state index contributed by atoms with van der Waals surface area (Å²) in [5.41, 5.74) is 0.915. The Bertz CT molecular complexity index is 1520. The maximum Gasteiger partial charge on any atom is 0.271 e. The number of amides is 2. The monoisotopic (exact) mass is 658 g/mol. The zero-order valence-electron chi connectivity index (χ0n) is 26.1. The van der Waals surface area contributed by atoms with E-state index in [1.165, 1.54) is 12.1 Å². The number of aromatic nitrogens is 1. The molecule has 0 bridgehead atoms.